The molecule has 15 heteroatoms. The number of rotatable bonds is 24. The zero-order valence-electron chi connectivity index (χ0n) is 74.0. The molecule has 0 spiro atoms. The molecule has 5 radical (unpaired) electrons. The first-order valence-electron chi connectivity index (χ1n) is 43.5. The zero-order chi connectivity index (χ0) is 86.3. The number of benzene rings is 11. The summed E-state index contributed by atoms with van der Waals surface area (Å²) in [6.45, 7) is 13.7. The number of unbranched alkanes of at least 4 members (excludes halogenated alkanes) is 7. The molecule has 9 nitrogen and oxygen atoms in total. The Balaban J connectivity index is 0.000000210. The van der Waals surface area contributed by atoms with Crippen molar-refractivity contribution in [2.75, 3.05) is 0 Å². The van der Waals surface area contributed by atoms with Crippen LogP contribution in [0.3, 0.4) is 0 Å². The van der Waals surface area contributed by atoms with E-state index in [2.05, 4.69) is 283 Å². The molecule has 0 saturated heterocycles. The third kappa shape index (κ3) is 32.7. The minimum atomic E-state index is -0.0625. The van der Waals surface area contributed by atoms with Gasteiger partial charge < -0.3 is 24.9 Å². The number of carbonyl (C=O) groups is 2. The number of ketones is 2. The summed E-state index contributed by atoms with van der Waals surface area (Å²) >= 11 is 1.73. The molecule has 0 unspecified atom stereocenters. The van der Waals surface area contributed by atoms with E-state index in [9.17, 15) is 9.59 Å². The molecule has 18 rings (SSSR count). The molecule has 0 atom stereocenters. The fourth-order valence-electron chi connectivity index (χ4n) is 14.4. The number of hydrogen-bond acceptors (Lipinski definition) is 10. The monoisotopic (exact) mass is 2600 g/mol. The van der Waals surface area contributed by atoms with Crippen LogP contribution < -0.4 is 0 Å². The standard InChI is InChI=1S/C27H27N2.C21H22N.C19H18N.C18H16N.C13H8NS.C11H8N.C5H8O2.5Ir/c1-3-4-5-6-10-21-15-17-22(18-16-21)23-11-9-12-24(19-23)27-20(2)28-25-13-7-8-14-26(25)29-27;1-2-3-4-5-8-17-11-13-19(14-12-17)21-20-10-7-6-9-18(20)15-16-22-21;1-2-3-6-15-9-11-17(12-10-15)19-18-8-5-4-7-16(18)13-14-20-19;1-2-5-14-8-10-16(11-9-14)18-17-7-4-3-6-15(17)12-13-19-18;1-2-7-12-10(5-1)9-13(15-12)11-6-3-4-8-14-11;1-2-6-10(7-3-1)11-8-4-5-9-12-11;1-4(6)3-5(2)7;;;;;/h7-9,11,13-19H,3-6,10H2,1-2H3;6-7,9-13,15-16H,2-5,8H2,1H3;4-5,7-11,13-14H,2-3,6H2,1H3;3-4,6-10,12-13H,2,5H2,1H3;1-8H;1-6,8-9H;3H2,1-2H3;;;;;/q6*-1;;;;;;. The quantitative estimate of drug-likeness (QED) is 0.0330. The number of aryl methyl sites for hydroxylation is 5. The maximum Gasteiger partial charge on any atom is 0.137 e. The van der Waals surface area contributed by atoms with Gasteiger partial charge in [0.1, 0.15) is 11.6 Å². The Kier molecular flexibility index (Phi) is 47.4. The third-order valence-electron chi connectivity index (χ3n) is 20.9. The van der Waals surface area contributed by atoms with Gasteiger partial charge in [-0.15, -0.1) is 201 Å². The first-order valence-corrected chi connectivity index (χ1v) is 44.3. The predicted octanol–water partition coefficient (Wildman–Crippen LogP) is 29.6. The second-order valence-electron chi connectivity index (χ2n) is 30.6. The summed E-state index contributed by atoms with van der Waals surface area (Å²) in [6.07, 6.45) is 27.9. The summed E-state index contributed by atoms with van der Waals surface area (Å²) in [5.74, 6) is -0.125. The third-order valence-corrected chi connectivity index (χ3v) is 22.0. The van der Waals surface area contributed by atoms with Crippen molar-refractivity contribution < 1.29 is 110 Å². The fourth-order valence-corrected chi connectivity index (χ4v) is 15.4. The molecule has 0 amide bonds. The van der Waals surface area contributed by atoms with Crippen molar-refractivity contribution in [1.82, 2.24) is 34.9 Å². The summed E-state index contributed by atoms with van der Waals surface area (Å²) in [5.41, 5.74) is 21.9. The maximum atomic E-state index is 10.0. The second kappa shape index (κ2) is 57.8. The SMILES string of the molecule is CC(=O)CC(C)=O.CCCCCCc1c[c-]c(-c2nccc3ccccc23)cc1.CCCCCCc1ccc(-c2cc[c-]c(-c3nc4ccccc4nc3C)c2)cc1.CCCCc1c[c-]c(-c2nccc3ccccc23)cc1.CCCc1c[c-]c(-c2nccc3ccccc23)cc1.[Ir].[Ir].[Ir].[Ir].[Ir].[c-]1c(-c2ccccn2)sc2ccccc12.[c-]1ccccc1-c1ccccn1. The Morgan fingerprint density at radius 2 is 0.767 bits per heavy atom. The molecule has 18 aromatic rings. The Morgan fingerprint density at radius 1 is 0.326 bits per heavy atom. The topological polar surface area (TPSA) is 124 Å². The van der Waals surface area contributed by atoms with Gasteiger partial charge in [-0.25, -0.2) is 11.3 Å². The van der Waals surface area contributed by atoms with Crippen molar-refractivity contribution in [3.63, 3.8) is 0 Å². The van der Waals surface area contributed by atoms with Gasteiger partial charge in [0.2, 0.25) is 0 Å². The summed E-state index contributed by atoms with van der Waals surface area (Å²) < 4.78 is 1.26. The number of thiophene rings is 1. The van der Waals surface area contributed by atoms with Gasteiger partial charge in [-0.3, -0.25) is 19.6 Å². The Labute approximate surface area is 835 Å². The maximum absolute atomic E-state index is 10.0. The molecule has 11 aromatic carbocycles. The molecule has 0 saturated carbocycles. The summed E-state index contributed by atoms with van der Waals surface area (Å²) in [4.78, 5) is 52.9. The van der Waals surface area contributed by atoms with Gasteiger partial charge in [-0.2, -0.15) is 0 Å². The molecule has 0 aliphatic carbocycles. The molecule has 0 bridgehead atoms. The van der Waals surface area contributed by atoms with Crippen LogP contribution in [0.5, 0.6) is 0 Å². The first-order chi connectivity index (χ1) is 60.9. The summed E-state index contributed by atoms with van der Waals surface area (Å²) in [6, 6.07) is 122. The minimum Gasteiger partial charge on any atom is -0.305 e. The van der Waals surface area contributed by atoms with E-state index in [1.807, 2.05) is 135 Å². The Hall–Kier alpha value is -10.2. The van der Waals surface area contributed by atoms with Crippen molar-refractivity contribution in [3.05, 3.63) is 393 Å². The largest absolute Gasteiger partial charge is 0.305 e. The van der Waals surface area contributed by atoms with E-state index in [0.29, 0.717) is 0 Å². The van der Waals surface area contributed by atoms with Crippen LogP contribution in [0.4, 0.5) is 0 Å². The normalized spacial score (nSPS) is 10.2. The van der Waals surface area contributed by atoms with Gasteiger partial charge in [0.25, 0.3) is 0 Å². The van der Waals surface area contributed by atoms with Crippen LogP contribution >= 0.6 is 11.3 Å². The van der Waals surface area contributed by atoms with E-state index in [4.69, 9.17) is 9.97 Å². The number of pyridine rings is 5. The van der Waals surface area contributed by atoms with Crippen molar-refractivity contribution in [2.45, 2.75) is 151 Å². The molecule has 0 fully saturated rings. The van der Waals surface area contributed by atoms with Crippen molar-refractivity contribution in [1.29, 1.82) is 0 Å². The van der Waals surface area contributed by atoms with E-state index >= 15 is 0 Å². The van der Waals surface area contributed by atoms with Crippen molar-refractivity contribution >= 4 is 76.3 Å². The molecule has 129 heavy (non-hydrogen) atoms. The predicted molar refractivity (Wildman–Crippen MR) is 519 cm³/mol. The Morgan fingerprint density at radius 3 is 1.22 bits per heavy atom. The summed E-state index contributed by atoms with van der Waals surface area (Å²) in [7, 11) is 0. The molecule has 0 aliphatic heterocycles. The number of para-hydroxylation sites is 2. The number of aromatic nitrogens is 7. The molecule has 0 aliphatic rings. The molecule has 7 heterocycles. The van der Waals surface area contributed by atoms with Gasteiger partial charge >= 0.3 is 0 Å². The minimum absolute atomic E-state index is 0. The van der Waals surface area contributed by atoms with Crippen molar-refractivity contribution in [2.24, 2.45) is 0 Å². The zero-order valence-corrected chi connectivity index (χ0v) is 86.8. The number of fused-ring (bicyclic) bond motifs is 5. The number of carbonyl (C=O) groups excluding carboxylic acids is 2. The van der Waals surface area contributed by atoms with Gasteiger partial charge in [0.05, 0.1) is 17.5 Å². The van der Waals surface area contributed by atoms with Crippen molar-refractivity contribution in [3.8, 4) is 78.0 Å². The van der Waals surface area contributed by atoms with Crippen LogP contribution in [0.25, 0.3) is 131 Å². The average molecular weight is 2600 g/mol. The molecular formula is C114H107Ir5N7O2S-6. The van der Waals surface area contributed by atoms with Gasteiger partial charge in [0, 0.05) is 149 Å². The second-order valence-corrected chi connectivity index (χ2v) is 31.7. The van der Waals surface area contributed by atoms with E-state index in [-0.39, 0.29) is 119 Å². The van der Waals surface area contributed by atoms with Gasteiger partial charge in [-0.05, 0) is 152 Å². The number of nitrogens with zero attached hydrogens (tertiary/aromatic N) is 7. The van der Waals surface area contributed by atoms with Crippen LogP contribution in [0.15, 0.2) is 328 Å². The van der Waals surface area contributed by atoms with E-state index in [0.717, 1.165) is 103 Å². The van der Waals surface area contributed by atoms with Crippen LogP contribution in [0, 0.1) is 43.3 Å². The molecule has 0 N–H and O–H groups in total. The van der Waals surface area contributed by atoms with E-state index in [1.165, 1.54) is 167 Å². The smallest absolute Gasteiger partial charge is 0.137 e. The van der Waals surface area contributed by atoms with E-state index < -0.39 is 0 Å². The average Bonchev–Trinajstić information content (AvgIpc) is 1.65. The van der Waals surface area contributed by atoms with Crippen LogP contribution in [-0.2, 0) is 136 Å². The van der Waals surface area contributed by atoms with Crippen LogP contribution in [0.2, 0.25) is 0 Å². The first kappa shape index (κ1) is 106. The van der Waals surface area contributed by atoms with Gasteiger partial charge in [-0.1, -0.05) is 257 Å². The van der Waals surface area contributed by atoms with E-state index in [1.54, 1.807) is 17.5 Å². The molecular weight excluding hydrogens is 2490 g/mol. The number of hydrogen-bond donors (Lipinski definition) is 0. The molecule has 667 valence electrons. The summed E-state index contributed by atoms with van der Waals surface area (Å²) in [5, 5.41) is 8.40. The van der Waals surface area contributed by atoms with Crippen LogP contribution in [0.1, 0.15) is 147 Å². The Bertz CT molecular complexity index is 6230. The fraction of sp³-hybridized carbons (Fsp3) is 0.202. The molecule has 7 aromatic heterocycles. The van der Waals surface area contributed by atoms with Crippen LogP contribution in [-0.4, -0.2) is 46.5 Å². The number of Topliss-reactive ketones (excluding diaryl/α,β-unsaturated/α-hetero) is 2. The van der Waals surface area contributed by atoms with Gasteiger partial charge in [0.15, 0.2) is 0 Å².